The summed E-state index contributed by atoms with van der Waals surface area (Å²) in [5, 5.41) is 39.0. The average molecular weight is 517 g/mol. The first-order chi connectivity index (χ1) is 16.7. The Morgan fingerprint density at radius 2 is 1.72 bits per heavy atom. The highest BCUT2D eigenvalue weighted by molar-refractivity contribution is 5.75. The summed E-state index contributed by atoms with van der Waals surface area (Å²) in [5.41, 5.74) is 5.22. The molecule has 7 atom stereocenters. The molecule has 0 aromatic heterocycles. The molecule has 1 heterocycles. The molecule has 3 aliphatic rings. The van der Waals surface area contributed by atoms with Gasteiger partial charge in [-0.2, -0.15) is 0 Å². The van der Waals surface area contributed by atoms with E-state index < -0.39 is 55.1 Å². The lowest BCUT2D eigenvalue weighted by Crippen LogP contribution is -2.61. The molecule has 0 spiro atoms. The number of aliphatic hydroxyl groups is 3. The highest BCUT2D eigenvalue weighted by atomic mass is 16.6. The highest BCUT2D eigenvalue weighted by Crippen LogP contribution is 2.64. The Hall–Kier alpha value is -1.99. The number of carboxylic acid groups (broad SMARTS) is 1. The molecule has 2 unspecified atom stereocenters. The Bertz CT molecular complexity index is 838. The van der Waals surface area contributed by atoms with Crippen LogP contribution < -0.4 is 5.73 Å². The highest BCUT2D eigenvalue weighted by Gasteiger charge is 2.61. The van der Waals surface area contributed by atoms with Gasteiger partial charge in [0.2, 0.25) is 5.91 Å². The molecular weight excluding hydrogens is 476 g/mol. The number of carbonyl (C=O) groups is 3. The number of carboxylic acids is 1. The second kappa shape index (κ2) is 10.8. The molecule has 6 N–H and O–H groups in total. The first-order valence-corrected chi connectivity index (χ1v) is 12.5. The van der Waals surface area contributed by atoms with Gasteiger partial charge in [-0.15, -0.1) is 0 Å². The zero-order valence-corrected chi connectivity index (χ0v) is 21.2. The minimum Gasteiger partial charge on any atom is -0.479 e. The van der Waals surface area contributed by atoms with Gasteiger partial charge in [-0.3, -0.25) is 4.79 Å². The molecule has 12 nitrogen and oxygen atoms in total. The number of primary amides is 1. The van der Waals surface area contributed by atoms with Crippen molar-refractivity contribution in [3.05, 3.63) is 0 Å². The molecule has 2 amide bonds. The number of ether oxygens (including phenoxy) is 3. The van der Waals surface area contributed by atoms with Crippen molar-refractivity contribution in [1.29, 1.82) is 0 Å². The molecule has 3 fully saturated rings. The van der Waals surface area contributed by atoms with E-state index in [0.717, 1.165) is 32.1 Å². The maximum Gasteiger partial charge on any atom is 0.409 e. The second-order valence-electron chi connectivity index (χ2n) is 11.5. The van der Waals surface area contributed by atoms with Crippen molar-refractivity contribution in [1.82, 2.24) is 4.90 Å². The predicted octanol–water partition coefficient (Wildman–Crippen LogP) is 0.000700. The smallest absolute Gasteiger partial charge is 0.409 e. The minimum atomic E-state index is -1.84. The molecule has 0 radical (unpaired) electrons. The number of rotatable bonds is 10. The fourth-order valence-corrected chi connectivity index (χ4v) is 6.46. The Labute approximate surface area is 210 Å². The molecular formula is C24H40N2O10. The van der Waals surface area contributed by atoms with Crippen LogP contribution in [0.15, 0.2) is 0 Å². The van der Waals surface area contributed by atoms with Crippen molar-refractivity contribution in [3.8, 4) is 0 Å². The van der Waals surface area contributed by atoms with Crippen molar-refractivity contribution >= 4 is 18.0 Å². The van der Waals surface area contributed by atoms with Gasteiger partial charge in [0.05, 0.1) is 12.2 Å². The molecule has 3 rings (SSSR count). The van der Waals surface area contributed by atoms with Crippen LogP contribution in [0.1, 0.15) is 59.3 Å². The Kier molecular flexibility index (Phi) is 8.56. The summed E-state index contributed by atoms with van der Waals surface area (Å²) in [6.07, 6.45) is -4.27. The van der Waals surface area contributed by atoms with Crippen molar-refractivity contribution in [3.63, 3.8) is 0 Å². The molecule has 0 aromatic carbocycles. The number of carbonyl (C=O) groups excluding carboxylic acids is 2. The standard InChI is InChI=1S/C24H40N2O10/c1-22(2)12-23(3)6-4-7-24(23,13-22)35-10-9-26(8-5-15(25)27)21(33)34-11-14-16(28)17(29)18(30)19(36-14)20(31)32/h14,16-19,28-30H,4-13H2,1-3H3,(H2,25,27)(H,31,32)/t14-,16-,17+,18-,19-,23?,24?/m0/s1. The van der Waals surface area contributed by atoms with Crippen LogP contribution in [0, 0.1) is 10.8 Å². The predicted molar refractivity (Wildman–Crippen MR) is 125 cm³/mol. The van der Waals surface area contributed by atoms with E-state index in [4.69, 9.17) is 25.1 Å². The second-order valence-corrected chi connectivity index (χ2v) is 11.5. The van der Waals surface area contributed by atoms with Crippen LogP contribution in [-0.4, -0.2) is 106 Å². The molecule has 2 aliphatic carbocycles. The third-order valence-electron chi connectivity index (χ3n) is 7.99. The fraction of sp³-hybridized carbons (Fsp3) is 0.875. The van der Waals surface area contributed by atoms with Crippen LogP contribution in [0.5, 0.6) is 0 Å². The van der Waals surface area contributed by atoms with E-state index in [2.05, 4.69) is 20.8 Å². The van der Waals surface area contributed by atoms with Gasteiger partial charge in [-0.05, 0) is 42.9 Å². The van der Waals surface area contributed by atoms with Crippen LogP contribution >= 0.6 is 0 Å². The summed E-state index contributed by atoms with van der Waals surface area (Å²) in [5.74, 6) is -2.13. The summed E-state index contributed by atoms with van der Waals surface area (Å²) in [6, 6.07) is 0. The van der Waals surface area contributed by atoms with Crippen molar-refractivity contribution in [2.45, 2.75) is 95.4 Å². The van der Waals surface area contributed by atoms with Gasteiger partial charge < -0.3 is 45.3 Å². The summed E-state index contributed by atoms with van der Waals surface area (Å²) in [7, 11) is 0. The monoisotopic (exact) mass is 516 g/mol. The average Bonchev–Trinajstić information content (AvgIpc) is 3.17. The number of aliphatic hydroxyl groups excluding tert-OH is 3. The Balaban J connectivity index is 1.60. The lowest BCUT2D eigenvalue weighted by Gasteiger charge is -2.39. The van der Waals surface area contributed by atoms with Gasteiger partial charge >= 0.3 is 12.1 Å². The summed E-state index contributed by atoms with van der Waals surface area (Å²) in [6.45, 7) is 6.53. The van der Waals surface area contributed by atoms with Crippen LogP contribution in [0.2, 0.25) is 0 Å². The van der Waals surface area contributed by atoms with E-state index in [1.54, 1.807) is 0 Å². The molecule has 0 bridgehead atoms. The van der Waals surface area contributed by atoms with Gasteiger partial charge in [-0.1, -0.05) is 20.8 Å². The van der Waals surface area contributed by atoms with Crippen LogP contribution in [0.25, 0.3) is 0 Å². The largest absolute Gasteiger partial charge is 0.479 e. The van der Waals surface area contributed by atoms with Gasteiger partial charge in [0.25, 0.3) is 0 Å². The van der Waals surface area contributed by atoms with E-state index in [-0.39, 0.29) is 42.5 Å². The first kappa shape index (κ1) is 28.6. The lowest BCUT2D eigenvalue weighted by atomic mass is 9.78. The van der Waals surface area contributed by atoms with E-state index in [1.165, 1.54) is 4.90 Å². The number of nitrogens with zero attached hydrogens (tertiary/aromatic N) is 1. The van der Waals surface area contributed by atoms with E-state index >= 15 is 0 Å². The van der Waals surface area contributed by atoms with Crippen LogP contribution in [0.4, 0.5) is 4.79 Å². The zero-order chi connectivity index (χ0) is 26.9. The third kappa shape index (κ3) is 5.94. The molecule has 206 valence electrons. The Morgan fingerprint density at radius 1 is 1.03 bits per heavy atom. The van der Waals surface area contributed by atoms with Gasteiger partial charge in [0.1, 0.15) is 31.0 Å². The van der Waals surface area contributed by atoms with E-state index in [9.17, 15) is 29.7 Å². The Morgan fingerprint density at radius 3 is 2.36 bits per heavy atom. The molecule has 36 heavy (non-hydrogen) atoms. The van der Waals surface area contributed by atoms with Crippen LogP contribution in [-0.2, 0) is 23.8 Å². The number of hydrogen-bond acceptors (Lipinski definition) is 9. The topological polar surface area (TPSA) is 189 Å². The van der Waals surface area contributed by atoms with E-state index in [0.29, 0.717) is 0 Å². The number of amides is 2. The number of hydrogen-bond donors (Lipinski definition) is 5. The normalized spacial score (nSPS) is 37.3. The van der Waals surface area contributed by atoms with Gasteiger partial charge in [0, 0.05) is 19.5 Å². The van der Waals surface area contributed by atoms with Crippen molar-refractivity contribution in [2.24, 2.45) is 16.6 Å². The quantitative estimate of drug-likeness (QED) is 0.264. The summed E-state index contributed by atoms with van der Waals surface area (Å²) in [4.78, 5) is 36.7. The molecule has 1 saturated heterocycles. The maximum absolute atomic E-state index is 12.8. The molecule has 1 aliphatic heterocycles. The minimum absolute atomic E-state index is 0.0134. The molecule has 12 heteroatoms. The first-order valence-electron chi connectivity index (χ1n) is 12.5. The summed E-state index contributed by atoms with van der Waals surface area (Å²) < 4.78 is 16.8. The third-order valence-corrected chi connectivity index (χ3v) is 7.99. The SMILES string of the molecule is CC1(C)CC2(C)CCCC2(OCCN(CCC(N)=O)C(=O)OC[C@@H]2O[C@H](C(=O)O)[C@@H](O)[C@H](O)[C@H]2O)C1. The lowest BCUT2D eigenvalue weighted by molar-refractivity contribution is -0.233. The van der Waals surface area contributed by atoms with Gasteiger partial charge in [0.15, 0.2) is 6.10 Å². The molecule has 2 saturated carbocycles. The van der Waals surface area contributed by atoms with Crippen molar-refractivity contribution < 1.29 is 49.0 Å². The summed E-state index contributed by atoms with van der Waals surface area (Å²) >= 11 is 0. The van der Waals surface area contributed by atoms with E-state index in [1.807, 2.05) is 0 Å². The van der Waals surface area contributed by atoms with Crippen LogP contribution in [0.3, 0.4) is 0 Å². The number of nitrogens with two attached hydrogens (primary N) is 1. The van der Waals surface area contributed by atoms with Crippen molar-refractivity contribution in [2.75, 3.05) is 26.3 Å². The number of aliphatic carboxylic acids is 1. The maximum atomic E-state index is 12.8. The fourth-order valence-electron chi connectivity index (χ4n) is 6.46. The number of fused-ring (bicyclic) bond motifs is 1. The zero-order valence-electron chi connectivity index (χ0n) is 21.2. The molecule has 0 aromatic rings. The van der Waals surface area contributed by atoms with Gasteiger partial charge in [-0.25, -0.2) is 9.59 Å².